The first-order valence-electron chi connectivity index (χ1n) is 9.94. The summed E-state index contributed by atoms with van der Waals surface area (Å²) in [5.74, 6) is 0.493. The molecular weight excluding hydrogens is 458 g/mol. The van der Waals surface area contributed by atoms with E-state index in [0.717, 1.165) is 5.56 Å². The first-order chi connectivity index (χ1) is 16.2. The molecule has 34 heavy (non-hydrogen) atoms. The number of anilines is 2. The molecule has 0 unspecified atom stereocenters. The van der Waals surface area contributed by atoms with Crippen LogP contribution >= 0.6 is 11.6 Å². The van der Waals surface area contributed by atoms with Crippen molar-refractivity contribution in [1.82, 2.24) is 10.3 Å². The van der Waals surface area contributed by atoms with Gasteiger partial charge in [-0.2, -0.15) is 0 Å². The van der Waals surface area contributed by atoms with Crippen LogP contribution in [0.25, 0.3) is 0 Å². The van der Waals surface area contributed by atoms with Crippen LogP contribution in [-0.4, -0.2) is 29.9 Å². The van der Waals surface area contributed by atoms with Crippen molar-refractivity contribution >= 4 is 40.8 Å². The van der Waals surface area contributed by atoms with Crippen LogP contribution in [0.1, 0.15) is 16.1 Å². The molecule has 1 aromatic heterocycles. The SMILES string of the molecule is C=CC(=O)Nc1cc(C)ccc1Cl.CNC(=O)c1cc(Oc2ccc(NC(N)=O)cc2)ccn1. The van der Waals surface area contributed by atoms with Gasteiger partial charge in [0.2, 0.25) is 5.91 Å². The lowest BCUT2D eigenvalue weighted by atomic mass is 10.2. The Morgan fingerprint density at radius 3 is 2.35 bits per heavy atom. The Morgan fingerprint density at radius 1 is 1.03 bits per heavy atom. The van der Waals surface area contributed by atoms with E-state index in [-0.39, 0.29) is 17.5 Å². The van der Waals surface area contributed by atoms with E-state index in [9.17, 15) is 14.4 Å². The maximum absolute atomic E-state index is 11.5. The fraction of sp³-hybridized carbons (Fsp3) is 0.0833. The minimum atomic E-state index is -0.631. The number of pyridine rings is 1. The molecule has 0 aliphatic rings. The lowest BCUT2D eigenvalue weighted by Crippen LogP contribution is -2.19. The molecule has 0 spiro atoms. The highest BCUT2D eigenvalue weighted by atomic mass is 35.5. The van der Waals surface area contributed by atoms with E-state index in [1.165, 1.54) is 25.4 Å². The van der Waals surface area contributed by atoms with Crippen LogP contribution in [0.2, 0.25) is 5.02 Å². The van der Waals surface area contributed by atoms with Gasteiger partial charge in [0.15, 0.2) is 0 Å². The topological polar surface area (TPSA) is 135 Å². The molecule has 0 saturated heterocycles. The zero-order valence-electron chi connectivity index (χ0n) is 18.6. The van der Waals surface area contributed by atoms with Crippen molar-refractivity contribution in [3.8, 4) is 11.5 Å². The standard InChI is InChI=1S/C14H14N4O3.C10H10ClNO/c1-16-13(19)12-8-11(6-7-17-12)21-10-4-2-9(3-5-10)18-14(15)20;1-3-10(13)12-9-6-7(2)4-5-8(9)11/h2-8H,1H3,(H,16,19)(H3,15,18,20);3-6H,1H2,2H3,(H,12,13). The van der Waals surface area contributed by atoms with Gasteiger partial charge >= 0.3 is 6.03 Å². The second-order valence-electron chi connectivity index (χ2n) is 6.75. The van der Waals surface area contributed by atoms with E-state index >= 15 is 0 Å². The number of carbonyl (C=O) groups excluding carboxylic acids is 3. The van der Waals surface area contributed by atoms with E-state index in [4.69, 9.17) is 22.1 Å². The fourth-order valence-corrected chi connectivity index (χ4v) is 2.70. The molecule has 4 amide bonds. The number of urea groups is 1. The number of halogens is 1. The Bertz CT molecular complexity index is 1180. The maximum atomic E-state index is 11.5. The number of hydrogen-bond acceptors (Lipinski definition) is 5. The van der Waals surface area contributed by atoms with Crippen molar-refractivity contribution in [2.75, 3.05) is 17.7 Å². The van der Waals surface area contributed by atoms with E-state index in [1.54, 1.807) is 36.4 Å². The third-order valence-corrected chi connectivity index (χ3v) is 4.44. The maximum Gasteiger partial charge on any atom is 0.316 e. The summed E-state index contributed by atoms with van der Waals surface area (Å²) in [6.07, 6.45) is 2.70. The van der Waals surface area contributed by atoms with E-state index in [2.05, 4.69) is 27.5 Å². The summed E-state index contributed by atoms with van der Waals surface area (Å²) >= 11 is 5.85. The molecule has 1 heterocycles. The second kappa shape index (κ2) is 12.6. The number of nitrogens with two attached hydrogens (primary N) is 1. The van der Waals surface area contributed by atoms with Crippen LogP contribution in [0, 0.1) is 6.92 Å². The van der Waals surface area contributed by atoms with Crippen LogP contribution in [0.5, 0.6) is 11.5 Å². The van der Waals surface area contributed by atoms with Gasteiger partial charge < -0.3 is 26.4 Å². The van der Waals surface area contributed by atoms with Crippen molar-refractivity contribution in [3.05, 3.63) is 89.7 Å². The highest BCUT2D eigenvalue weighted by molar-refractivity contribution is 6.33. The average Bonchev–Trinajstić information content (AvgIpc) is 2.82. The number of carbonyl (C=O) groups is 3. The van der Waals surface area contributed by atoms with Gasteiger partial charge in [-0.15, -0.1) is 0 Å². The van der Waals surface area contributed by atoms with Crippen LogP contribution in [-0.2, 0) is 4.79 Å². The Balaban J connectivity index is 0.000000270. The molecule has 176 valence electrons. The number of amides is 4. The third kappa shape index (κ3) is 8.29. The molecule has 0 bridgehead atoms. The van der Waals surface area contributed by atoms with Gasteiger partial charge in [-0.05, 0) is 61.0 Å². The quantitative estimate of drug-likeness (QED) is 0.384. The van der Waals surface area contributed by atoms with Crippen LogP contribution in [0.3, 0.4) is 0 Å². The largest absolute Gasteiger partial charge is 0.457 e. The van der Waals surface area contributed by atoms with Crippen LogP contribution < -0.4 is 26.4 Å². The van der Waals surface area contributed by atoms with Gasteiger partial charge in [0.05, 0.1) is 10.7 Å². The van der Waals surface area contributed by atoms with Crippen molar-refractivity contribution in [3.63, 3.8) is 0 Å². The number of nitrogens with zero attached hydrogens (tertiary/aromatic N) is 1. The molecule has 3 aromatic rings. The van der Waals surface area contributed by atoms with Gasteiger partial charge in [0.1, 0.15) is 17.2 Å². The number of hydrogen-bond donors (Lipinski definition) is 4. The number of aromatic nitrogens is 1. The van der Waals surface area contributed by atoms with Crippen molar-refractivity contribution in [2.24, 2.45) is 5.73 Å². The summed E-state index contributed by atoms with van der Waals surface area (Å²) in [6.45, 7) is 5.28. The third-order valence-electron chi connectivity index (χ3n) is 4.11. The smallest absolute Gasteiger partial charge is 0.316 e. The highest BCUT2D eigenvalue weighted by Gasteiger charge is 2.07. The van der Waals surface area contributed by atoms with Gasteiger partial charge in [-0.25, -0.2) is 4.79 Å². The molecule has 0 aliphatic heterocycles. The van der Waals surface area contributed by atoms with E-state index < -0.39 is 6.03 Å². The Kier molecular flexibility index (Phi) is 9.60. The molecule has 9 nitrogen and oxygen atoms in total. The predicted molar refractivity (Wildman–Crippen MR) is 132 cm³/mol. The number of benzene rings is 2. The number of aryl methyl sites for hydroxylation is 1. The lowest BCUT2D eigenvalue weighted by Gasteiger charge is -2.08. The zero-order valence-corrected chi connectivity index (χ0v) is 19.3. The number of nitrogens with one attached hydrogen (secondary N) is 3. The molecule has 0 saturated carbocycles. The van der Waals surface area contributed by atoms with Crippen LogP contribution in [0.4, 0.5) is 16.2 Å². The summed E-state index contributed by atoms with van der Waals surface area (Å²) in [7, 11) is 1.53. The van der Waals surface area contributed by atoms with E-state index in [0.29, 0.717) is 27.9 Å². The summed E-state index contributed by atoms with van der Waals surface area (Å²) in [4.78, 5) is 37.1. The van der Waals surface area contributed by atoms with Crippen molar-refractivity contribution in [1.29, 1.82) is 0 Å². The highest BCUT2D eigenvalue weighted by Crippen LogP contribution is 2.23. The molecule has 10 heteroatoms. The summed E-state index contributed by atoms with van der Waals surface area (Å²) in [5, 5.41) is 8.08. The summed E-state index contributed by atoms with van der Waals surface area (Å²) in [5.41, 5.74) is 7.51. The molecule has 5 N–H and O–H groups in total. The van der Waals surface area contributed by atoms with Crippen LogP contribution in [0.15, 0.2) is 73.4 Å². The Labute approximate surface area is 202 Å². The van der Waals surface area contributed by atoms with Gasteiger partial charge in [0.25, 0.3) is 5.91 Å². The molecule has 2 aromatic carbocycles. The first-order valence-corrected chi connectivity index (χ1v) is 10.3. The second-order valence-corrected chi connectivity index (χ2v) is 7.16. The van der Waals surface area contributed by atoms with Gasteiger partial charge in [-0.1, -0.05) is 24.2 Å². The molecular formula is C24H24ClN5O4. The number of rotatable bonds is 6. The fourth-order valence-electron chi connectivity index (χ4n) is 2.53. The molecule has 0 fully saturated rings. The number of primary amides is 1. The molecule has 3 rings (SSSR count). The number of ether oxygens (including phenoxy) is 1. The minimum absolute atomic E-state index is 0.257. The average molecular weight is 482 g/mol. The lowest BCUT2D eigenvalue weighted by molar-refractivity contribution is -0.111. The predicted octanol–water partition coefficient (Wildman–Crippen LogP) is 4.50. The monoisotopic (exact) mass is 481 g/mol. The molecule has 0 aliphatic carbocycles. The normalized spacial score (nSPS) is 9.62. The minimum Gasteiger partial charge on any atom is -0.457 e. The summed E-state index contributed by atoms with van der Waals surface area (Å²) in [6, 6.07) is 14.6. The molecule has 0 atom stereocenters. The summed E-state index contributed by atoms with van der Waals surface area (Å²) < 4.78 is 5.61. The van der Waals surface area contributed by atoms with Gasteiger partial charge in [0, 0.05) is 25.0 Å². The first kappa shape index (κ1) is 25.9. The molecule has 0 radical (unpaired) electrons. The Hall–Kier alpha value is -4.37. The zero-order chi connectivity index (χ0) is 25.1. The van der Waals surface area contributed by atoms with Crippen molar-refractivity contribution in [2.45, 2.75) is 6.92 Å². The van der Waals surface area contributed by atoms with Crippen molar-refractivity contribution < 1.29 is 19.1 Å². The Morgan fingerprint density at radius 2 is 1.74 bits per heavy atom. The van der Waals surface area contributed by atoms with E-state index in [1.807, 2.05) is 19.1 Å². The van der Waals surface area contributed by atoms with Gasteiger partial charge in [-0.3, -0.25) is 14.6 Å².